The maximum Gasteiger partial charge on any atom is 0.246 e. The molecule has 3 heterocycles. The summed E-state index contributed by atoms with van der Waals surface area (Å²) in [5.41, 5.74) is 4.71. The van der Waals surface area contributed by atoms with Crippen LogP contribution >= 0.6 is 0 Å². The molecule has 2 aliphatic rings. The van der Waals surface area contributed by atoms with E-state index in [2.05, 4.69) is 59.4 Å². The van der Waals surface area contributed by atoms with Crippen LogP contribution < -0.4 is 14.2 Å². The summed E-state index contributed by atoms with van der Waals surface area (Å²) >= 11 is 0. The monoisotopic (exact) mass is 560 g/mol. The van der Waals surface area contributed by atoms with Crippen LogP contribution in [0.25, 0.3) is 17.0 Å². The van der Waals surface area contributed by atoms with E-state index >= 15 is 0 Å². The summed E-state index contributed by atoms with van der Waals surface area (Å²) in [7, 11) is 1.70. The Kier molecular flexibility index (Phi) is 9.52. The number of hydrogen-bond acceptors (Lipinski definition) is 6. The van der Waals surface area contributed by atoms with E-state index in [0.717, 1.165) is 99.9 Å². The van der Waals surface area contributed by atoms with Gasteiger partial charge < -0.3 is 28.6 Å². The minimum absolute atomic E-state index is 0.0742. The van der Waals surface area contributed by atoms with Crippen molar-refractivity contribution in [1.82, 2.24) is 19.3 Å². The SMILES string of the molecule is CCN(CC)CCCn1c(C)c(/C=C/C(=O)N2CCN(CCc3ccc4c(c3)OCO4)CC2)c2cc(OC)ccc21. The van der Waals surface area contributed by atoms with Crippen molar-refractivity contribution in [3.8, 4) is 17.2 Å². The third kappa shape index (κ3) is 6.71. The Labute approximate surface area is 244 Å². The zero-order chi connectivity index (χ0) is 28.8. The number of hydrogen-bond donors (Lipinski definition) is 0. The van der Waals surface area contributed by atoms with Gasteiger partial charge in [-0.15, -0.1) is 0 Å². The fraction of sp³-hybridized carbons (Fsp3) is 0.485. The number of fused-ring (bicyclic) bond motifs is 2. The number of rotatable bonds is 12. The highest BCUT2D eigenvalue weighted by molar-refractivity contribution is 5.98. The van der Waals surface area contributed by atoms with Crippen LogP contribution in [0.4, 0.5) is 0 Å². The zero-order valence-corrected chi connectivity index (χ0v) is 25.0. The molecular weight excluding hydrogens is 516 g/mol. The first-order valence-electron chi connectivity index (χ1n) is 15.0. The molecule has 41 heavy (non-hydrogen) atoms. The molecule has 8 nitrogen and oxygen atoms in total. The molecule has 2 aromatic carbocycles. The molecule has 0 bridgehead atoms. The average Bonchev–Trinajstić information content (AvgIpc) is 3.58. The lowest BCUT2D eigenvalue weighted by Crippen LogP contribution is -2.48. The minimum atomic E-state index is 0.0742. The van der Waals surface area contributed by atoms with Gasteiger partial charge in [0, 0.05) is 67.5 Å². The molecule has 8 heteroatoms. The Hall–Kier alpha value is -3.49. The van der Waals surface area contributed by atoms with E-state index in [1.807, 2.05) is 23.1 Å². The fourth-order valence-electron chi connectivity index (χ4n) is 5.94. The third-order valence-electron chi connectivity index (χ3n) is 8.56. The van der Waals surface area contributed by atoms with E-state index < -0.39 is 0 Å². The number of aryl methyl sites for hydroxylation is 1. The number of nitrogens with zero attached hydrogens (tertiary/aromatic N) is 4. The summed E-state index contributed by atoms with van der Waals surface area (Å²) in [6, 6.07) is 12.4. The van der Waals surface area contributed by atoms with Gasteiger partial charge >= 0.3 is 0 Å². The summed E-state index contributed by atoms with van der Waals surface area (Å²) in [5, 5.41) is 1.13. The Morgan fingerprint density at radius 1 is 1.00 bits per heavy atom. The van der Waals surface area contributed by atoms with E-state index in [4.69, 9.17) is 14.2 Å². The van der Waals surface area contributed by atoms with Crippen molar-refractivity contribution in [1.29, 1.82) is 0 Å². The van der Waals surface area contributed by atoms with Crippen LogP contribution in [0.15, 0.2) is 42.5 Å². The summed E-state index contributed by atoms with van der Waals surface area (Å²) < 4.78 is 18.8. The largest absolute Gasteiger partial charge is 0.497 e. The summed E-state index contributed by atoms with van der Waals surface area (Å²) in [6.45, 7) is 15.3. The number of piperazine rings is 1. The topological polar surface area (TPSA) is 59.4 Å². The second kappa shape index (κ2) is 13.4. The first-order valence-corrected chi connectivity index (χ1v) is 15.0. The van der Waals surface area contributed by atoms with Crippen molar-refractivity contribution in [2.75, 3.05) is 66.3 Å². The van der Waals surface area contributed by atoms with Crippen molar-refractivity contribution >= 4 is 22.9 Å². The minimum Gasteiger partial charge on any atom is -0.497 e. The highest BCUT2D eigenvalue weighted by atomic mass is 16.7. The van der Waals surface area contributed by atoms with Crippen LogP contribution in [0, 0.1) is 6.92 Å². The molecular formula is C33H44N4O4. The number of benzene rings is 2. The predicted molar refractivity (Wildman–Crippen MR) is 164 cm³/mol. The predicted octanol–water partition coefficient (Wildman–Crippen LogP) is 4.82. The van der Waals surface area contributed by atoms with Crippen LogP contribution in [0.3, 0.4) is 0 Å². The molecule has 0 unspecified atom stereocenters. The first kappa shape index (κ1) is 29.0. The Balaban J connectivity index is 1.20. The molecule has 0 N–H and O–H groups in total. The number of aromatic nitrogens is 1. The third-order valence-corrected chi connectivity index (χ3v) is 8.56. The highest BCUT2D eigenvalue weighted by Gasteiger charge is 2.21. The summed E-state index contributed by atoms with van der Waals surface area (Å²) in [4.78, 5) is 20.1. The molecule has 0 atom stereocenters. The van der Waals surface area contributed by atoms with E-state index in [9.17, 15) is 4.79 Å². The molecule has 0 spiro atoms. The van der Waals surface area contributed by atoms with Gasteiger partial charge in [0.05, 0.1) is 7.11 Å². The highest BCUT2D eigenvalue weighted by Crippen LogP contribution is 2.33. The van der Waals surface area contributed by atoms with Crippen LogP contribution in [-0.2, 0) is 17.8 Å². The molecule has 1 amide bonds. The molecule has 3 aromatic rings. The van der Waals surface area contributed by atoms with E-state index in [-0.39, 0.29) is 5.91 Å². The number of methoxy groups -OCH3 is 1. The second-order valence-corrected chi connectivity index (χ2v) is 10.9. The molecule has 5 rings (SSSR count). The lowest BCUT2D eigenvalue weighted by molar-refractivity contribution is -0.127. The molecule has 2 aliphatic heterocycles. The van der Waals surface area contributed by atoms with Gasteiger partial charge in [0.25, 0.3) is 0 Å². The van der Waals surface area contributed by atoms with Gasteiger partial charge in [-0.3, -0.25) is 9.69 Å². The number of ether oxygens (including phenoxy) is 3. The molecule has 0 aliphatic carbocycles. The maximum absolute atomic E-state index is 13.2. The average molecular weight is 561 g/mol. The zero-order valence-electron chi connectivity index (χ0n) is 25.0. The van der Waals surface area contributed by atoms with Gasteiger partial charge in [-0.05, 0) is 81.4 Å². The van der Waals surface area contributed by atoms with E-state index in [0.29, 0.717) is 6.79 Å². The van der Waals surface area contributed by atoms with Crippen LogP contribution in [-0.4, -0.2) is 91.4 Å². The Morgan fingerprint density at radius 3 is 2.54 bits per heavy atom. The number of carbonyl (C=O) groups is 1. The van der Waals surface area contributed by atoms with Gasteiger partial charge in [0.15, 0.2) is 11.5 Å². The quantitative estimate of drug-likeness (QED) is 0.296. The molecule has 0 saturated carbocycles. The van der Waals surface area contributed by atoms with Crippen LogP contribution in [0.5, 0.6) is 17.2 Å². The van der Waals surface area contributed by atoms with Gasteiger partial charge in [0.1, 0.15) is 5.75 Å². The number of carbonyl (C=O) groups excluding carboxylic acids is 1. The van der Waals surface area contributed by atoms with Crippen LogP contribution in [0.2, 0.25) is 0 Å². The Morgan fingerprint density at radius 2 is 1.78 bits per heavy atom. The maximum atomic E-state index is 13.2. The molecule has 1 saturated heterocycles. The molecule has 1 fully saturated rings. The van der Waals surface area contributed by atoms with Crippen molar-refractivity contribution in [3.63, 3.8) is 0 Å². The van der Waals surface area contributed by atoms with Gasteiger partial charge in [-0.1, -0.05) is 19.9 Å². The molecule has 1 aromatic heterocycles. The molecule has 220 valence electrons. The Bertz CT molecular complexity index is 1370. The first-order chi connectivity index (χ1) is 20.0. The van der Waals surface area contributed by atoms with E-state index in [1.165, 1.54) is 16.8 Å². The van der Waals surface area contributed by atoms with E-state index in [1.54, 1.807) is 13.2 Å². The lowest BCUT2D eigenvalue weighted by Gasteiger charge is -2.34. The van der Waals surface area contributed by atoms with Gasteiger partial charge in [-0.25, -0.2) is 0 Å². The van der Waals surface area contributed by atoms with Crippen molar-refractivity contribution in [2.45, 2.75) is 40.2 Å². The standard InChI is InChI=1S/C33H44N4O4/c1-5-34(6-2)15-7-16-37-25(3)28(29-23-27(39-4)9-11-30(29)37)10-13-33(38)36-20-18-35(19-21-36)17-14-26-8-12-31-32(22-26)41-24-40-31/h8-13,22-23H,5-7,14-21,24H2,1-4H3/b13-10+. The second-order valence-electron chi connectivity index (χ2n) is 10.9. The van der Waals surface area contributed by atoms with Crippen molar-refractivity contribution < 1.29 is 19.0 Å². The summed E-state index contributed by atoms with van der Waals surface area (Å²) in [6.07, 6.45) is 5.79. The summed E-state index contributed by atoms with van der Waals surface area (Å²) in [5.74, 6) is 2.56. The normalized spacial score (nSPS) is 15.5. The van der Waals surface area contributed by atoms with Crippen molar-refractivity contribution in [2.24, 2.45) is 0 Å². The van der Waals surface area contributed by atoms with Gasteiger partial charge in [0.2, 0.25) is 12.7 Å². The number of amides is 1. The van der Waals surface area contributed by atoms with Gasteiger partial charge in [-0.2, -0.15) is 0 Å². The smallest absolute Gasteiger partial charge is 0.246 e. The lowest BCUT2D eigenvalue weighted by atomic mass is 10.1. The fourth-order valence-corrected chi connectivity index (χ4v) is 5.94. The van der Waals surface area contributed by atoms with Crippen LogP contribution in [0.1, 0.15) is 37.1 Å². The molecule has 0 radical (unpaired) electrons. The van der Waals surface area contributed by atoms with Crippen molar-refractivity contribution in [3.05, 3.63) is 59.3 Å².